The summed E-state index contributed by atoms with van der Waals surface area (Å²) in [6, 6.07) is 14.7. The van der Waals surface area contributed by atoms with Gasteiger partial charge in [0.1, 0.15) is 5.75 Å². The molecule has 43 heavy (non-hydrogen) atoms. The highest BCUT2D eigenvalue weighted by atomic mass is 79.9. The summed E-state index contributed by atoms with van der Waals surface area (Å²) in [4.78, 5) is 68.4. The summed E-state index contributed by atoms with van der Waals surface area (Å²) >= 11 is 6.30. The zero-order chi connectivity index (χ0) is 30.0. The Bertz CT molecular complexity index is 1710. The molecule has 3 heterocycles. The topological polar surface area (TPSA) is 146 Å². The second-order valence-electron chi connectivity index (χ2n) is 11.3. The van der Waals surface area contributed by atoms with Gasteiger partial charge in [0.05, 0.1) is 23.3 Å². The van der Waals surface area contributed by atoms with Crippen LogP contribution in [0.2, 0.25) is 0 Å². The Kier molecular flexibility index (Phi) is 7.21. The van der Waals surface area contributed by atoms with Crippen molar-refractivity contribution in [1.82, 2.24) is 9.88 Å². The van der Waals surface area contributed by atoms with Crippen molar-refractivity contribution in [2.24, 2.45) is 29.6 Å². The number of thioether (sulfide) groups is 1. The number of carboxylic acid groups (broad SMARTS) is 1. The normalized spacial score (nSPS) is 28.4. The predicted octanol–water partition coefficient (Wildman–Crippen LogP) is 4.16. The molecule has 4 aliphatic rings. The van der Waals surface area contributed by atoms with Crippen molar-refractivity contribution >= 4 is 68.4 Å². The van der Waals surface area contributed by atoms with Gasteiger partial charge in [-0.15, -0.1) is 11.8 Å². The number of halogens is 1. The minimum absolute atomic E-state index is 0.0293. The van der Waals surface area contributed by atoms with Crippen LogP contribution in [0.3, 0.4) is 0 Å². The Labute approximate surface area is 262 Å². The number of rotatable bonds is 8. The third-order valence-electron chi connectivity index (χ3n) is 9.09. The van der Waals surface area contributed by atoms with Gasteiger partial charge in [0.25, 0.3) is 5.91 Å². The van der Waals surface area contributed by atoms with E-state index in [2.05, 4.69) is 26.2 Å². The Balaban J connectivity index is 1.23. The van der Waals surface area contributed by atoms with Gasteiger partial charge in [0, 0.05) is 38.3 Å². The van der Waals surface area contributed by atoms with Gasteiger partial charge in [-0.3, -0.25) is 28.9 Å². The Morgan fingerprint density at radius 3 is 2.56 bits per heavy atom. The zero-order valence-corrected chi connectivity index (χ0v) is 25.7. The Morgan fingerprint density at radius 1 is 1.07 bits per heavy atom. The van der Waals surface area contributed by atoms with E-state index in [4.69, 9.17) is 4.74 Å². The lowest BCUT2D eigenvalue weighted by molar-refractivity contribution is -0.142. The van der Waals surface area contributed by atoms with Crippen LogP contribution >= 0.6 is 39.0 Å². The number of amides is 3. The second kappa shape index (κ2) is 10.9. The number of hydrogen-bond donors (Lipinski definition) is 3. The number of aromatic amines is 1. The van der Waals surface area contributed by atoms with Crippen LogP contribution in [-0.2, 0) is 19.2 Å². The number of likely N-dealkylation sites (tertiary alicyclic amines) is 1. The van der Waals surface area contributed by atoms with E-state index in [-0.39, 0.29) is 71.1 Å². The first-order valence-electron chi connectivity index (χ1n) is 13.9. The van der Waals surface area contributed by atoms with E-state index in [0.717, 1.165) is 36.2 Å². The molecule has 2 aliphatic heterocycles. The molecule has 13 heteroatoms. The number of carboxylic acids is 1. The fourth-order valence-corrected chi connectivity index (χ4v) is 10.9. The van der Waals surface area contributed by atoms with Crippen molar-refractivity contribution in [1.29, 1.82) is 0 Å². The fraction of sp³-hybridized carbons (Fsp3) is 0.367. The molecule has 3 aromatic rings. The summed E-state index contributed by atoms with van der Waals surface area (Å²) in [6.45, 7) is -0.349. The third-order valence-corrected chi connectivity index (χ3v) is 12.2. The molecule has 2 saturated carbocycles. The van der Waals surface area contributed by atoms with Crippen molar-refractivity contribution < 1.29 is 29.0 Å². The first-order valence-corrected chi connectivity index (χ1v) is 16.4. The third kappa shape index (κ3) is 4.81. The van der Waals surface area contributed by atoms with Crippen molar-refractivity contribution in [3.63, 3.8) is 0 Å². The Morgan fingerprint density at radius 2 is 1.81 bits per heavy atom. The van der Waals surface area contributed by atoms with Gasteiger partial charge >= 0.3 is 10.8 Å². The molecule has 6 unspecified atom stereocenters. The van der Waals surface area contributed by atoms with E-state index in [1.807, 2.05) is 30.3 Å². The quantitative estimate of drug-likeness (QED) is 0.300. The number of carbonyl (C=O) groups excluding carboxylic acids is 3. The van der Waals surface area contributed by atoms with Crippen molar-refractivity contribution in [2.45, 2.75) is 29.0 Å². The number of ether oxygens (including phenoxy) is 1. The molecule has 0 radical (unpaired) electrons. The zero-order valence-electron chi connectivity index (χ0n) is 22.5. The van der Waals surface area contributed by atoms with E-state index >= 15 is 0 Å². The summed E-state index contributed by atoms with van der Waals surface area (Å²) in [5.74, 6) is -3.00. The lowest BCUT2D eigenvalue weighted by atomic mass is 9.68. The molecule has 2 bridgehead atoms. The number of thiazole rings is 1. The number of nitrogens with zero attached hydrogens (tertiary/aromatic N) is 1. The molecule has 0 spiro atoms. The monoisotopic (exact) mass is 683 g/mol. The van der Waals surface area contributed by atoms with Crippen LogP contribution in [0.5, 0.6) is 5.75 Å². The minimum atomic E-state index is -1.06. The number of para-hydroxylation sites is 1. The van der Waals surface area contributed by atoms with Gasteiger partial charge in [-0.25, -0.2) is 0 Å². The van der Waals surface area contributed by atoms with Crippen molar-refractivity contribution in [3.05, 3.63) is 73.1 Å². The number of aromatic nitrogens is 1. The first kappa shape index (κ1) is 28.4. The van der Waals surface area contributed by atoms with E-state index in [0.29, 0.717) is 17.9 Å². The van der Waals surface area contributed by atoms with Crippen LogP contribution in [0.1, 0.15) is 29.2 Å². The van der Waals surface area contributed by atoms with E-state index in [9.17, 15) is 29.1 Å². The Hall–Kier alpha value is -3.42. The van der Waals surface area contributed by atoms with E-state index in [1.54, 1.807) is 30.0 Å². The molecular weight excluding hydrogens is 658 g/mol. The van der Waals surface area contributed by atoms with Crippen LogP contribution in [0.25, 0.3) is 0 Å². The number of imide groups is 1. The predicted molar refractivity (Wildman–Crippen MR) is 162 cm³/mol. The maximum absolute atomic E-state index is 13.6. The van der Waals surface area contributed by atoms with Gasteiger partial charge in [-0.1, -0.05) is 45.5 Å². The van der Waals surface area contributed by atoms with Crippen molar-refractivity contribution in [3.8, 4) is 5.75 Å². The standard InChI is InChI=1S/C30H26BrN3O7S2/c31-13-6-7-18(41-12-19(35)32-14-4-2-1-3-5-14)15(10-13)21-22-16-11-17(25(22)42-27-26(21)43-30(40)33-27)24-23(16)28(38)34(29(24)39)9-8-20(36)37/h1-7,10,16-17,21-25H,8-9,11-12H2,(H,32,35)(H,33,40)(H,36,37)/t16?,17?,21-,22?,23?,24?,25?/m1/s1. The van der Waals surface area contributed by atoms with Gasteiger partial charge in [0.15, 0.2) is 6.61 Å². The molecule has 1 saturated heterocycles. The van der Waals surface area contributed by atoms with Gasteiger partial charge in [-0.2, -0.15) is 0 Å². The van der Waals surface area contributed by atoms with E-state index < -0.39 is 17.8 Å². The maximum atomic E-state index is 13.6. The molecule has 3 amide bonds. The largest absolute Gasteiger partial charge is 0.483 e. The van der Waals surface area contributed by atoms with Crippen LogP contribution in [-0.4, -0.2) is 57.1 Å². The molecule has 2 aliphatic carbocycles. The number of nitrogens with one attached hydrogen (secondary N) is 2. The number of carbonyl (C=O) groups is 4. The van der Waals surface area contributed by atoms with Crippen LogP contribution in [0.15, 0.2) is 62.8 Å². The summed E-state index contributed by atoms with van der Waals surface area (Å²) in [5, 5.41) is 12.7. The number of H-pyrrole nitrogens is 1. The minimum Gasteiger partial charge on any atom is -0.483 e. The van der Waals surface area contributed by atoms with Gasteiger partial charge in [-0.05, 0) is 54.5 Å². The molecule has 2 aromatic carbocycles. The molecule has 1 aromatic heterocycles. The molecular formula is C30H26BrN3O7S2. The lowest BCUT2D eigenvalue weighted by Gasteiger charge is -2.43. The molecule has 3 N–H and O–H groups in total. The number of hydrogen-bond acceptors (Lipinski definition) is 8. The van der Waals surface area contributed by atoms with Gasteiger partial charge in [0.2, 0.25) is 11.8 Å². The number of fused-ring (bicyclic) bond motifs is 9. The number of benzene rings is 2. The van der Waals surface area contributed by atoms with Crippen LogP contribution < -0.4 is 14.9 Å². The summed E-state index contributed by atoms with van der Waals surface area (Å²) in [5.41, 5.74) is 1.46. The van der Waals surface area contributed by atoms with Crippen LogP contribution in [0.4, 0.5) is 5.69 Å². The highest BCUT2D eigenvalue weighted by Crippen LogP contribution is 2.69. The summed E-state index contributed by atoms with van der Waals surface area (Å²) in [7, 11) is 0. The molecule has 7 rings (SSSR count). The highest BCUT2D eigenvalue weighted by molar-refractivity contribution is 9.10. The molecule has 3 fully saturated rings. The van der Waals surface area contributed by atoms with Crippen LogP contribution in [0, 0.1) is 29.6 Å². The fourth-order valence-electron chi connectivity index (χ4n) is 7.61. The first-order chi connectivity index (χ1) is 20.7. The summed E-state index contributed by atoms with van der Waals surface area (Å²) in [6.07, 6.45) is 0.423. The smallest absolute Gasteiger partial charge is 0.305 e. The maximum Gasteiger partial charge on any atom is 0.305 e. The average molecular weight is 685 g/mol. The average Bonchev–Trinajstić information content (AvgIpc) is 3.71. The molecule has 7 atom stereocenters. The van der Waals surface area contributed by atoms with E-state index in [1.165, 1.54) is 0 Å². The SMILES string of the molecule is O=C(O)CCN1C(=O)C2C3CC(C2C1=O)C1C3Sc2[nH]c(=O)sc2[C@@H]1c1cc(Br)ccc1OCC(=O)Nc1ccccc1. The number of aliphatic carboxylic acids is 1. The van der Waals surface area contributed by atoms with Gasteiger partial charge < -0.3 is 20.1 Å². The molecule has 222 valence electrons. The highest BCUT2D eigenvalue weighted by Gasteiger charge is 2.69. The molecule has 10 nitrogen and oxygen atoms in total. The van der Waals surface area contributed by atoms with Crippen molar-refractivity contribution in [2.75, 3.05) is 18.5 Å². The number of anilines is 1. The second-order valence-corrected chi connectivity index (χ2v) is 14.4. The summed E-state index contributed by atoms with van der Waals surface area (Å²) < 4.78 is 6.92. The lowest BCUT2D eigenvalue weighted by Crippen LogP contribution is -2.42.